The van der Waals surface area contributed by atoms with Gasteiger partial charge in [0.2, 0.25) is 5.91 Å². The predicted molar refractivity (Wildman–Crippen MR) is 75.8 cm³/mol. The van der Waals surface area contributed by atoms with Crippen LogP contribution >= 0.6 is 0 Å². The standard InChI is InChI=1S/C14H24N2O3/c1-4-12(2)11-15-16-13(17)9-7-5-6-8-10-14(18)19-3/h4,11H,5-10H2,1-3H3,(H,16,17)/b12-4-,15-11+. The monoisotopic (exact) mass is 268 g/mol. The van der Waals surface area contributed by atoms with Gasteiger partial charge in [-0.2, -0.15) is 5.10 Å². The van der Waals surface area contributed by atoms with Crippen molar-refractivity contribution in [1.29, 1.82) is 0 Å². The highest BCUT2D eigenvalue weighted by Crippen LogP contribution is 2.05. The molecule has 0 saturated carbocycles. The Balaban J connectivity index is 3.49. The molecular weight excluding hydrogens is 244 g/mol. The van der Waals surface area contributed by atoms with Crippen molar-refractivity contribution in [2.75, 3.05) is 7.11 Å². The molecule has 19 heavy (non-hydrogen) atoms. The van der Waals surface area contributed by atoms with Gasteiger partial charge in [-0.05, 0) is 32.3 Å². The van der Waals surface area contributed by atoms with E-state index in [4.69, 9.17) is 0 Å². The lowest BCUT2D eigenvalue weighted by atomic mass is 10.1. The second-order valence-corrected chi connectivity index (χ2v) is 4.32. The SMILES string of the molecule is C/C=C(C)\C=N\NC(=O)CCCCCCC(=O)OC. The summed E-state index contributed by atoms with van der Waals surface area (Å²) < 4.78 is 4.54. The molecule has 0 atom stereocenters. The minimum atomic E-state index is -0.175. The number of methoxy groups -OCH3 is 1. The molecule has 0 saturated heterocycles. The first-order valence-corrected chi connectivity index (χ1v) is 6.61. The largest absolute Gasteiger partial charge is 0.469 e. The fraction of sp³-hybridized carbons (Fsp3) is 0.643. The smallest absolute Gasteiger partial charge is 0.305 e. The Labute approximate surface area is 115 Å². The molecule has 0 radical (unpaired) electrons. The van der Waals surface area contributed by atoms with Crippen molar-refractivity contribution in [3.63, 3.8) is 0 Å². The first-order chi connectivity index (χ1) is 9.10. The Hall–Kier alpha value is -1.65. The van der Waals surface area contributed by atoms with Gasteiger partial charge in [0, 0.05) is 19.1 Å². The molecule has 0 fully saturated rings. The number of nitrogens with zero attached hydrogens (tertiary/aromatic N) is 1. The Bertz CT molecular complexity index is 336. The van der Waals surface area contributed by atoms with E-state index in [0.29, 0.717) is 12.8 Å². The first kappa shape index (κ1) is 17.4. The van der Waals surface area contributed by atoms with Gasteiger partial charge in [-0.1, -0.05) is 18.9 Å². The first-order valence-electron chi connectivity index (χ1n) is 6.61. The van der Waals surface area contributed by atoms with Crippen LogP contribution in [0.4, 0.5) is 0 Å². The summed E-state index contributed by atoms with van der Waals surface area (Å²) in [4.78, 5) is 22.2. The molecule has 0 aromatic rings. The number of nitrogens with one attached hydrogen (secondary N) is 1. The molecule has 0 spiro atoms. The van der Waals surface area contributed by atoms with E-state index in [1.807, 2.05) is 19.9 Å². The minimum absolute atomic E-state index is 0.0758. The molecule has 5 heteroatoms. The summed E-state index contributed by atoms with van der Waals surface area (Å²) in [6.07, 6.45) is 7.94. The lowest BCUT2D eigenvalue weighted by Gasteiger charge is -2.01. The van der Waals surface area contributed by atoms with Crippen LogP contribution < -0.4 is 5.43 Å². The van der Waals surface area contributed by atoms with Crippen LogP contribution in [-0.2, 0) is 14.3 Å². The number of hydrazone groups is 1. The molecule has 5 nitrogen and oxygen atoms in total. The molecule has 0 bridgehead atoms. The summed E-state index contributed by atoms with van der Waals surface area (Å²) in [5.74, 6) is -0.250. The molecule has 0 rings (SSSR count). The molecule has 0 aliphatic rings. The fourth-order valence-corrected chi connectivity index (χ4v) is 1.35. The molecule has 0 aromatic heterocycles. The van der Waals surface area contributed by atoms with Gasteiger partial charge in [0.15, 0.2) is 0 Å². The normalized spacial score (nSPS) is 11.6. The van der Waals surface area contributed by atoms with E-state index in [0.717, 1.165) is 31.3 Å². The number of carbonyl (C=O) groups excluding carboxylic acids is 2. The number of allylic oxidation sites excluding steroid dienone is 2. The predicted octanol–water partition coefficient (Wildman–Crippen LogP) is 2.57. The number of amides is 1. The maximum absolute atomic E-state index is 11.4. The topological polar surface area (TPSA) is 67.8 Å². The zero-order valence-corrected chi connectivity index (χ0v) is 12.1. The third kappa shape index (κ3) is 11.2. The third-order valence-corrected chi connectivity index (χ3v) is 2.68. The Morgan fingerprint density at radius 2 is 1.79 bits per heavy atom. The number of carbonyl (C=O) groups is 2. The van der Waals surface area contributed by atoms with Crippen molar-refractivity contribution in [1.82, 2.24) is 5.43 Å². The summed E-state index contributed by atoms with van der Waals surface area (Å²) in [6.45, 7) is 3.83. The average molecular weight is 268 g/mol. The van der Waals surface area contributed by atoms with Crippen LogP contribution in [0.25, 0.3) is 0 Å². The molecule has 0 unspecified atom stereocenters. The van der Waals surface area contributed by atoms with Gasteiger partial charge in [0.1, 0.15) is 0 Å². The number of esters is 1. The highest BCUT2D eigenvalue weighted by atomic mass is 16.5. The van der Waals surface area contributed by atoms with Crippen LogP contribution in [-0.4, -0.2) is 25.2 Å². The number of rotatable bonds is 9. The molecular formula is C14H24N2O3. The third-order valence-electron chi connectivity index (χ3n) is 2.68. The second-order valence-electron chi connectivity index (χ2n) is 4.32. The molecule has 0 aromatic carbocycles. The van der Waals surface area contributed by atoms with Crippen LogP contribution in [0.2, 0.25) is 0 Å². The second kappa shape index (κ2) is 11.4. The molecule has 1 amide bonds. The highest BCUT2D eigenvalue weighted by Gasteiger charge is 2.01. The number of hydrogen-bond acceptors (Lipinski definition) is 4. The van der Waals surface area contributed by atoms with Crippen molar-refractivity contribution in [3.8, 4) is 0 Å². The van der Waals surface area contributed by atoms with Crippen LogP contribution in [0.5, 0.6) is 0 Å². The zero-order chi connectivity index (χ0) is 14.5. The van der Waals surface area contributed by atoms with Crippen LogP contribution in [0.1, 0.15) is 52.4 Å². The van der Waals surface area contributed by atoms with Gasteiger partial charge < -0.3 is 4.74 Å². The van der Waals surface area contributed by atoms with Crippen molar-refractivity contribution in [2.45, 2.75) is 52.4 Å². The van der Waals surface area contributed by atoms with Gasteiger partial charge in [-0.3, -0.25) is 9.59 Å². The lowest BCUT2D eigenvalue weighted by Crippen LogP contribution is -2.16. The summed E-state index contributed by atoms with van der Waals surface area (Å²) in [5, 5.41) is 3.84. The molecule has 0 heterocycles. The van der Waals surface area contributed by atoms with E-state index in [2.05, 4.69) is 15.3 Å². The van der Waals surface area contributed by atoms with Crippen molar-refractivity contribution in [2.24, 2.45) is 5.10 Å². The van der Waals surface area contributed by atoms with Gasteiger partial charge in [-0.15, -0.1) is 0 Å². The lowest BCUT2D eigenvalue weighted by molar-refractivity contribution is -0.140. The number of hydrogen-bond donors (Lipinski definition) is 1. The van der Waals surface area contributed by atoms with E-state index in [1.165, 1.54) is 7.11 Å². The van der Waals surface area contributed by atoms with Crippen molar-refractivity contribution < 1.29 is 14.3 Å². The Morgan fingerprint density at radius 1 is 1.16 bits per heavy atom. The maximum Gasteiger partial charge on any atom is 0.305 e. The highest BCUT2D eigenvalue weighted by molar-refractivity contribution is 5.81. The zero-order valence-electron chi connectivity index (χ0n) is 12.1. The Kier molecular flexibility index (Phi) is 10.4. The van der Waals surface area contributed by atoms with Gasteiger partial charge in [0.25, 0.3) is 0 Å². The molecule has 1 N–H and O–H groups in total. The molecule has 0 aliphatic heterocycles. The van der Waals surface area contributed by atoms with Crippen LogP contribution in [0.15, 0.2) is 16.8 Å². The van der Waals surface area contributed by atoms with Crippen LogP contribution in [0, 0.1) is 0 Å². The summed E-state index contributed by atoms with van der Waals surface area (Å²) in [7, 11) is 1.39. The minimum Gasteiger partial charge on any atom is -0.469 e. The van der Waals surface area contributed by atoms with Crippen molar-refractivity contribution in [3.05, 3.63) is 11.6 Å². The summed E-state index contributed by atoms with van der Waals surface area (Å²) >= 11 is 0. The van der Waals surface area contributed by atoms with Crippen molar-refractivity contribution >= 4 is 18.1 Å². The Morgan fingerprint density at radius 3 is 2.37 bits per heavy atom. The molecule has 0 aliphatic carbocycles. The average Bonchev–Trinajstić information content (AvgIpc) is 2.41. The quantitative estimate of drug-likeness (QED) is 0.302. The van der Waals surface area contributed by atoms with Crippen LogP contribution in [0.3, 0.4) is 0 Å². The van der Waals surface area contributed by atoms with E-state index in [9.17, 15) is 9.59 Å². The van der Waals surface area contributed by atoms with E-state index < -0.39 is 0 Å². The van der Waals surface area contributed by atoms with Gasteiger partial charge in [0.05, 0.1) is 7.11 Å². The summed E-state index contributed by atoms with van der Waals surface area (Å²) in [5.41, 5.74) is 3.48. The summed E-state index contributed by atoms with van der Waals surface area (Å²) in [6, 6.07) is 0. The van der Waals surface area contributed by atoms with Gasteiger partial charge in [-0.25, -0.2) is 5.43 Å². The van der Waals surface area contributed by atoms with E-state index in [1.54, 1.807) is 6.21 Å². The number of unbranched alkanes of at least 4 members (excludes halogenated alkanes) is 3. The fourth-order valence-electron chi connectivity index (χ4n) is 1.35. The van der Waals surface area contributed by atoms with E-state index >= 15 is 0 Å². The maximum atomic E-state index is 11.4. The number of ether oxygens (including phenoxy) is 1. The van der Waals surface area contributed by atoms with Gasteiger partial charge >= 0.3 is 5.97 Å². The molecule has 108 valence electrons. The van der Waals surface area contributed by atoms with E-state index in [-0.39, 0.29) is 11.9 Å².